The van der Waals surface area contributed by atoms with E-state index in [1.165, 1.54) is 19.0 Å². The fraction of sp³-hybridized carbons (Fsp3) is 0.381. The third-order valence-electron chi connectivity index (χ3n) is 5.02. The summed E-state index contributed by atoms with van der Waals surface area (Å²) in [6.07, 6.45) is 5.27. The van der Waals surface area contributed by atoms with E-state index in [1.54, 1.807) is 12.1 Å². The van der Waals surface area contributed by atoms with Gasteiger partial charge in [-0.25, -0.2) is 4.79 Å². The normalized spacial score (nSPS) is 15.5. The number of carbonyl (C=O) groups is 1. The van der Waals surface area contributed by atoms with Gasteiger partial charge in [-0.05, 0) is 43.7 Å². The number of amides is 1. The maximum atomic E-state index is 12.2. The number of rotatable bonds is 8. The molecule has 2 aliphatic carbocycles. The van der Waals surface area contributed by atoms with Crippen molar-refractivity contribution in [3.63, 3.8) is 0 Å². The highest BCUT2D eigenvalue weighted by atomic mass is 35.5. The predicted molar refractivity (Wildman–Crippen MR) is 110 cm³/mol. The number of aromatic nitrogens is 4. The summed E-state index contributed by atoms with van der Waals surface area (Å²) in [4.78, 5) is 24.9. The lowest BCUT2D eigenvalue weighted by Crippen LogP contribution is -2.27. The van der Waals surface area contributed by atoms with Crippen LogP contribution in [0.15, 0.2) is 35.0 Å². The zero-order valence-electron chi connectivity index (χ0n) is 16.6. The van der Waals surface area contributed by atoms with E-state index in [-0.39, 0.29) is 12.6 Å². The van der Waals surface area contributed by atoms with Crippen molar-refractivity contribution in [2.45, 2.75) is 38.1 Å². The summed E-state index contributed by atoms with van der Waals surface area (Å²) < 4.78 is 16.3. The van der Waals surface area contributed by atoms with Gasteiger partial charge in [-0.1, -0.05) is 28.9 Å². The van der Waals surface area contributed by atoms with Crippen molar-refractivity contribution >= 4 is 17.7 Å². The number of benzene rings is 1. The Kier molecular flexibility index (Phi) is 5.42. The molecule has 5 rings (SSSR count). The van der Waals surface area contributed by atoms with Crippen molar-refractivity contribution < 1.29 is 18.8 Å². The molecule has 1 aromatic carbocycles. The summed E-state index contributed by atoms with van der Waals surface area (Å²) in [7, 11) is 0. The van der Waals surface area contributed by atoms with E-state index in [4.69, 9.17) is 25.6 Å². The Bertz CT molecular complexity index is 1080. The van der Waals surface area contributed by atoms with Gasteiger partial charge in [0.25, 0.3) is 0 Å². The van der Waals surface area contributed by atoms with E-state index in [2.05, 4.69) is 25.4 Å². The first-order chi connectivity index (χ1) is 15.1. The average Bonchev–Trinajstić information content (AvgIpc) is 3.71. The third kappa shape index (κ3) is 5.11. The summed E-state index contributed by atoms with van der Waals surface area (Å²) in [6, 6.07) is 7.08. The lowest BCUT2D eigenvalue weighted by molar-refractivity contribution is 0.194. The molecule has 10 heteroatoms. The maximum absolute atomic E-state index is 12.2. The molecule has 2 aromatic heterocycles. The van der Waals surface area contributed by atoms with Crippen LogP contribution < -0.4 is 14.8 Å². The van der Waals surface area contributed by atoms with Gasteiger partial charge in [-0.2, -0.15) is 15.0 Å². The number of halogens is 1. The fourth-order valence-corrected chi connectivity index (χ4v) is 3.06. The molecule has 0 atom stereocenters. The Hall–Kier alpha value is -3.20. The monoisotopic (exact) mass is 441 g/mol. The third-order valence-corrected chi connectivity index (χ3v) is 5.27. The summed E-state index contributed by atoms with van der Waals surface area (Å²) >= 11 is 6.00. The van der Waals surface area contributed by atoms with Gasteiger partial charge in [0.15, 0.2) is 11.6 Å². The number of nitrogens with one attached hydrogen (secondary N) is 1. The molecule has 31 heavy (non-hydrogen) atoms. The second kappa shape index (κ2) is 8.50. The van der Waals surface area contributed by atoms with E-state index in [0.717, 1.165) is 18.4 Å². The van der Waals surface area contributed by atoms with Crippen LogP contribution in [-0.4, -0.2) is 32.8 Å². The van der Waals surface area contributed by atoms with E-state index < -0.39 is 6.09 Å². The van der Waals surface area contributed by atoms with Gasteiger partial charge >= 0.3 is 12.1 Å². The summed E-state index contributed by atoms with van der Waals surface area (Å²) in [5, 5.41) is 7.08. The van der Waals surface area contributed by atoms with Crippen LogP contribution in [0.4, 0.5) is 4.79 Å². The molecule has 2 fully saturated rings. The molecule has 0 radical (unpaired) electrons. The number of hydrogen-bond acceptors (Lipinski definition) is 8. The Morgan fingerprint density at radius 3 is 2.71 bits per heavy atom. The number of hydrogen-bond donors (Lipinski definition) is 1. The van der Waals surface area contributed by atoms with Crippen molar-refractivity contribution in [3.8, 4) is 23.0 Å². The minimum atomic E-state index is -0.722. The second-order valence-corrected chi connectivity index (χ2v) is 8.13. The second-order valence-electron chi connectivity index (χ2n) is 7.69. The zero-order valence-corrected chi connectivity index (χ0v) is 17.3. The first-order valence-corrected chi connectivity index (χ1v) is 10.6. The van der Waals surface area contributed by atoms with Crippen LogP contribution in [0.5, 0.6) is 11.8 Å². The summed E-state index contributed by atoms with van der Waals surface area (Å²) in [6.45, 7) is 0.669. The van der Waals surface area contributed by atoms with Gasteiger partial charge in [0, 0.05) is 16.5 Å². The molecular weight excluding hydrogens is 422 g/mol. The number of carbonyl (C=O) groups excluding carboxylic acids is 1. The molecule has 1 amide bonds. The molecule has 2 saturated carbocycles. The molecule has 160 valence electrons. The molecule has 3 aromatic rings. The van der Waals surface area contributed by atoms with Gasteiger partial charge in [0.1, 0.15) is 12.2 Å². The molecule has 2 heterocycles. The topological polar surface area (TPSA) is 112 Å². The molecule has 2 aliphatic rings. The highest BCUT2D eigenvalue weighted by Crippen LogP contribution is 2.38. The molecule has 0 unspecified atom stereocenters. The van der Waals surface area contributed by atoms with Crippen molar-refractivity contribution in [1.82, 2.24) is 25.4 Å². The highest BCUT2D eigenvalue weighted by molar-refractivity contribution is 6.30. The standard InChI is InChI=1S/C21H20ClN5O4/c22-15-7-5-13(6-8-15)18-16(29-11-12-1-2-12)9-23-20(26-18)30-21(28)24-10-17-25-19(27-31-17)14-3-4-14/h5-9,12,14H,1-4,10-11H2,(H,24,28). The number of nitrogens with zero attached hydrogens (tertiary/aromatic N) is 4. The smallest absolute Gasteiger partial charge is 0.415 e. The predicted octanol–water partition coefficient (Wildman–Crippen LogP) is 4.13. The first-order valence-electron chi connectivity index (χ1n) is 10.2. The van der Waals surface area contributed by atoms with Gasteiger partial charge in [0.2, 0.25) is 5.89 Å². The van der Waals surface area contributed by atoms with E-state index in [9.17, 15) is 4.79 Å². The first kappa shape index (κ1) is 19.7. The van der Waals surface area contributed by atoms with Gasteiger partial charge < -0.3 is 19.3 Å². The Labute approximate surface area is 183 Å². The molecule has 0 bridgehead atoms. The lowest BCUT2D eigenvalue weighted by Gasteiger charge is -2.12. The van der Waals surface area contributed by atoms with E-state index in [1.807, 2.05) is 12.1 Å². The van der Waals surface area contributed by atoms with Crippen LogP contribution >= 0.6 is 11.6 Å². The minimum absolute atomic E-state index is 0.0607. The van der Waals surface area contributed by atoms with Gasteiger partial charge in [0.05, 0.1) is 12.8 Å². The van der Waals surface area contributed by atoms with Gasteiger partial charge in [-0.3, -0.25) is 0 Å². The van der Waals surface area contributed by atoms with Crippen LogP contribution in [0.25, 0.3) is 11.3 Å². The molecule has 0 aliphatic heterocycles. The van der Waals surface area contributed by atoms with E-state index >= 15 is 0 Å². The lowest BCUT2D eigenvalue weighted by atomic mass is 10.1. The minimum Gasteiger partial charge on any atom is -0.489 e. The summed E-state index contributed by atoms with van der Waals surface area (Å²) in [5.41, 5.74) is 1.31. The molecule has 9 nitrogen and oxygen atoms in total. The number of ether oxygens (including phenoxy) is 2. The molecule has 0 spiro atoms. The maximum Gasteiger partial charge on any atom is 0.415 e. The molecule has 1 N–H and O–H groups in total. The van der Waals surface area contributed by atoms with Gasteiger partial charge in [-0.15, -0.1) is 0 Å². The van der Waals surface area contributed by atoms with Crippen molar-refractivity contribution in [1.29, 1.82) is 0 Å². The Balaban J connectivity index is 1.26. The average molecular weight is 442 g/mol. The molecule has 0 saturated heterocycles. The van der Waals surface area contributed by atoms with Crippen LogP contribution in [0.2, 0.25) is 5.02 Å². The van der Waals surface area contributed by atoms with Crippen LogP contribution in [0.1, 0.15) is 43.3 Å². The van der Waals surface area contributed by atoms with E-state index in [0.29, 0.717) is 46.6 Å². The highest BCUT2D eigenvalue weighted by Gasteiger charge is 2.29. The van der Waals surface area contributed by atoms with Crippen LogP contribution in [0, 0.1) is 5.92 Å². The van der Waals surface area contributed by atoms with Crippen LogP contribution in [-0.2, 0) is 6.54 Å². The zero-order chi connectivity index (χ0) is 21.2. The summed E-state index contributed by atoms with van der Waals surface area (Å²) in [5.74, 6) is 2.49. The van der Waals surface area contributed by atoms with Crippen molar-refractivity contribution in [3.05, 3.63) is 47.2 Å². The SMILES string of the molecule is O=C(NCc1nc(C2CC2)no1)Oc1ncc(OCC2CC2)c(-c2ccc(Cl)cc2)n1. The Morgan fingerprint density at radius 1 is 1.16 bits per heavy atom. The quantitative estimate of drug-likeness (QED) is 0.555. The van der Waals surface area contributed by atoms with Crippen molar-refractivity contribution in [2.24, 2.45) is 5.92 Å². The van der Waals surface area contributed by atoms with Crippen molar-refractivity contribution in [2.75, 3.05) is 6.61 Å². The largest absolute Gasteiger partial charge is 0.489 e. The fourth-order valence-electron chi connectivity index (χ4n) is 2.93. The van der Waals surface area contributed by atoms with Crippen LogP contribution in [0.3, 0.4) is 0 Å². The Morgan fingerprint density at radius 2 is 1.97 bits per heavy atom. The molecular formula is C21H20ClN5O4.